The summed E-state index contributed by atoms with van der Waals surface area (Å²) < 4.78 is 0. The summed E-state index contributed by atoms with van der Waals surface area (Å²) in [6.07, 6.45) is 1.86. The van der Waals surface area contributed by atoms with Crippen LogP contribution in [0.3, 0.4) is 0 Å². The van der Waals surface area contributed by atoms with Gasteiger partial charge in [-0.15, -0.1) is 11.3 Å². The van der Waals surface area contributed by atoms with E-state index in [9.17, 15) is 0 Å². The highest BCUT2D eigenvalue weighted by Crippen LogP contribution is 2.21. The minimum absolute atomic E-state index is 0.843. The van der Waals surface area contributed by atoms with Gasteiger partial charge in [-0.25, -0.2) is 9.97 Å². The van der Waals surface area contributed by atoms with E-state index in [0.717, 1.165) is 42.7 Å². The third-order valence-corrected chi connectivity index (χ3v) is 3.88. The van der Waals surface area contributed by atoms with Crippen LogP contribution >= 0.6 is 11.3 Å². The maximum atomic E-state index is 4.54. The van der Waals surface area contributed by atoms with Gasteiger partial charge in [0, 0.05) is 36.8 Å². The van der Waals surface area contributed by atoms with Crippen LogP contribution in [0.1, 0.15) is 16.3 Å². The molecule has 0 unspecified atom stereocenters. The molecule has 18 heavy (non-hydrogen) atoms. The molecular formula is C13H16N4S. The number of aryl methyl sites for hydroxylation is 1. The van der Waals surface area contributed by atoms with Crippen molar-refractivity contribution in [2.45, 2.75) is 20.0 Å². The summed E-state index contributed by atoms with van der Waals surface area (Å²) in [5.41, 5.74) is 2.40. The van der Waals surface area contributed by atoms with Gasteiger partial charge in [0.05, 0.1) is 17.2 Å². The summed E-state index contributed by atoms with van der Waals surface area (Å²) in [5, 5.41) is 6.68. The van der Waals surface area contributed by atoms with E-state index in [4.69, 9.17) is 0 Å². The third-order valence-electron chi connectivity index (χ3n) is 3.06. The second-order valence-electron chi connectivity index (χ2n) is 4.44. The van der Waals surface area contributed by atoms with Crippen LogP contribution in [0.2, 0.25) is 0 Å². The van der Waals surface area contributed by atoms with Crippen molar-refractivity contribution in [2.75, 3.05) is 18.0 Å². The van der Waals surface area contributed by atoms with Crippen molar-refractivity contribution in [3.8, 4) is 0 Å². The maximum Gasteiger partial charge on any atom is 0.133 e. The van der Waals surface area contributed by atoms with Gasteiger partial charge in [-0.1, -0.05) is 6.07 Å². The monoisotopic (exact) mass is 260 g/mol. The zero-order valence-corrected chi connectivity index (χ0v) is 11.2. The minimum atomic E-state index is 0.843. The molecule has 0 fully saturated rings. The van der Waals surface area contributed by atoms with Gasteiger partial charge in [-0.2, -0.15) is 0 Å². The Kier molecular flexibility index (Phi) is 3.25. The number of thiazole rings is 1. The first-order valence-corrected chi connectivity index (χ1v) is 7.01. The average Bonchev–Trinajstić information content (AvgIpc) is 2.68. The van der Waals surface area contributed by atoms with Crippen LogP contribution in [0.25, 0.3) is 0 Å². The van der Waals surface area contributed by atoms with Crippen LogP contribution in [0, 0.1) is 6.92 Å². The molecule has 2 aromatic rings. The van der Waals surface area contributed by atoms with Crippen molar-refractivity contribution in [1.82, 2.24) is 15.3 Å². The van der Waals surface area contributed by atoms with Gasteiger partial charge in [0.2, 0.25) is 0 Å². The zero-order valence-electron chi connectivity index (χ0n) is 10.4. The maximum absolute atomic E-state index is 4.54. The van der Waals surface area contributed by atoms with Crippen LogP contribution in [0.5, 0.6) is 0 Å². The molecule has 0 spiro atoms. The number of hydrogen-bond donors (Lipinski definition) is 1. The van der Waals surface area contributed by atoms with Crippen molar-refractivity contribution in [2.24, 2.45) is 0 Å². The number of aromatic nitrogens is 2. The number of nitrogens with one attached hydrogen (secondary N) is 1. The zero-order chi connectivity index (χ0) is 12.4. The van der Waals surface area contributed by atoms with Crippen LogP contribution in [-0.4, -0.2) is 23.1 Å². The lowest BCUT2D eigenvalue weighted by Crippen LogP contribution is -2.28. The van der Waals surface area contributed by atoms with E-state index < -0.39 is 0 Å². The highest BCUT2D eigenvalue weighted by Gasteiger charge is 2.16. The first-order valence-electron chi connectivity index (χ1n) is 6.13. The lowest BCUT2D eigenvalue weighted by atomic mass is 10.2. The smallest absolute Gasteiger partial charge is 0.133 e. The first kappa shape index (κ1) is 11.6. The molecule has 0 aliphatic carbocycles. The van der Waals surface area contributed by atoms with Crippen LogP contribution in [-0.2, 0) is 13.1 Å². The van der Waals surface area contributed by atoms with Gasteiger partial charge in [0.25, 0.3) is 0 Å². The molecule has 1 N–H and O–H groups in total. The Bertz CT molecular complexity index is 537. The van der Waals surface area contributed by atoms with Crippen LogP contribution in [0.4, 0.5) is 5.82 Å². The van der Waals surface area contributed by atoms with E-state index in [1.807, 2.05) is 19.2 Å². The fourth-order valence-corrected chi connectivity index (χ4v) is 2.83. The Balaban J connectivity index is 1.87. The number of fused-ring (bicyclic) bond motifs is 1. The standard InChI is InChI=1S/C13H16N4S/c1-10-16-12(9-18-10)8-17-6-5-14-7-11-3-2-4-15-13(11)17/h2-4,9,14H,5-8H2,1H3. The highest BCUT2D eigenvalue weighted by molar-refractivity contribution is 7.09. The molecule has 1 aliphatic heterocycles. The Morgan fingerprint density at radius 1 is 1.50 bits per heavy atom. The Morgan fingerprint density at radius 3 is 3.28 bits per heavy atom. The summed E-state index contributed by atoms with van der Waals surface area (Å²) in [6.45, 7) is 5.75. The molecule has 0 aromatic carbocycles. The van der Waals surface area contributed by atoms with E-state index >= 15 is 0 Å². The number of rotatable bonds is 2. The molecule has 3 heterocycles. The van der Waals surface area contributed by atoms with Crippen molar-refractivity contribution < 1.29 is 0 Å². The Morgan fingerprint density at radius 2 is 2.44 bits per heavy atom. The largest absolute Gasteiger partial charge is 0.349 e. The molecule has 0 radical (unpaired) electrons. The molecule has 0 bridgehead atoms. The average molecular weight is 260 g/mol. The van der Waals surface area contributed by atoms with Crippen molar-refractivity contribution >= 4 is 17.2 Å². The summed E-state index contributed by atoms with van der Waals surface area (Å²) in [5.74, 6) is 1.09. The van der Waals surface area contributed by atoms with E-state index in [1.165, 1.54) is 5.56 Å². The number of pyridine rings is 1. The molecule has 0 atom stereocenters. The Labute approximate surface area is 111 Å². The van der Waals surface area contributed by atoms with E-state index in [2.05, 4.69) is 31.6 Å². The quantitative estimate of drug-likeness (QED) is 0.896. The fourth-order valence-electron chi connectivity index (χ4n) is 2.23. The molecule has 0 saturated heterocycles. The highest BCUT2D eigenvalue weighted by atomic mass is 32.1. The van der Waals surface area contributed by atoms with Gasteiger partial charge in [-0.3, -0.25) is 0 Å². The van der Waals surface area contributed by atoms with Crippen molar-refractivity contribution in [3.63, 3.8) is 0 Å². The molecule has 3 rings (SSSR count). The second-order valence-corrected chi connectivity index (χ2v) is 5.50. The molecule has 0 amide bonds. The summed E-state index contributed by atoms with van der Waals surface area (Å²) in [7, 11) is 0. The van der Waals surface area contributed by atoms with Crippen molar-refractivity contribution in [3.05, 3.63) is 40.0 Å². The SMILES string of the molecule is Cc1nc(CN2CCNCc3cccnc32)cs1. The summed E-state index contributed by atoms with van der Waals surface area (Å²) in [4.78, 5) is 11.4. The van der Waals surface area contributed by atoms with Gasteiger partial charge >= 0.3 is 0 Å². The topological polar surface area (TPSA) is 41.1 Å². The van der Waals surface area contributed by atoms with Crippen LogP contribution in [0.15, 0.2) is 23.7 Å². The number of hydrogen-bond acceptors (Lipinski definition) is 5. The summed E-state index contributed by atoms with van der Waals surface area (Å²) >= 11 is 1.71. The first-order chi connectivity index (χ1) is 8.83. The predicted octanol–water partition coefficient (Wildman–Crippen LogP) is 1.96. The lowest BCUT2D eigenvalue weighted by Gasteiger charge is -2.22. The Hall–Kier alpha value is -1.46. The van der Waals surface area contributed by atoms with Gasteiger partial charge in [-0.05, 0) is 13.0 Å². The van der Waals surface area contributed by atoms with Crippen molar-refractivity contribution in [1.29, 1.82) is 0 Å². The molecule has 94 valence electrons. The molecule has 5 heteroatoms. The second kappa shape index (κ2) is 5.04. The molecule has 4 nitrogen and oxygen atoms in total. The predicted molar refractivity (Wildman–Crippen MR) is 73.8 cm³/mol. The van der Waals surface area contributed by atoms with Crippen LogP contribution < -0.4 is 10.2 Å². The number of anilines is 1. The number of nitrogens with zero attached hydrogens (tertiary/aromatic N) is 3. The lowest BCUT2D eigenvalue weighted by molar-refractivity contribution is 0.684. The van der Waals surface area contributed by atoms with Gasteiger partial charge in [0.15, 0.2) is 0 Å². The van der Waals surface area contributed by atoms with E-state index in [0.29, 0.717) is 0 Å². The fraction of sp³-hybridized carbons (Fsp3) is 0.385. The summed E-state index contributed by atoms with van der Waals surface area (Å²) in [6, 6.07) is 4.14. The normalized spacial score (nSPS) is 15.3. The molecule has 1 aliphatic rings. The molecule has 0 saturated carbocycles. The van der Waals surface area contributed by atoms with Gasteiger partial charge < -0.3 is 10.2 Å². The van der Waals surface area contributed by atoms with Gasteiger partial charge in [0.1, 0.15) is 5.82 Å². The minimum Gasteiger partial charge on any atom is -0.349 e. The molecular weight excluding hydrogens is 244 g/mol. The van der Waals surface area contributed by atoms with E-state index in [-0.39, 0.29) is 0 Å². The third kappa shape index (κ3) is 2.37. The molecule has 2 aromatic heterocycles. The van der Waals surface area contributed by atoms with E-state index in [1.54, 1.807) is 11.3 Å².